The van der Waals surface area contributed by atoms with Gasteiger partial charge in [-0.2, -0.15) is 18.3 Å². The largest absolute Gasteiger partial charge is 0.487 e. The summed E-state index contributed by atoms with van der Waals surface area (Å²) in [6.07, 6.45) is -3.09. The molecule has 0 aliphatic carbocycles. The molecule has 0 bridgehead atoms. The molecule has 3 aromatic rings. The summed E-state index contributed by atoms with van der Waals surface area (Å²) in [6, 6.07) is 15.9. The predicted molar refractivity (Wildman–Crippen MR) is 142 cm³/mol. The molecule has 166 valence electrons. The Kier molecular flexibility index (Phi) is 8.77. The maximum atomic E-state index is 12.8. The molecule has 0 saturated carbocycles. The summed E-state index contributed by atoms with van der Waals surface area (Å²) in [5.41, 5.74) is 3.01. The average Bonchev–Trinajstić information content (AvgIpc) is 2.74. The quantitative estimate of drug-likeness (QED) is 0.169. The maximum absolute atomic E-state index is 12.8. The highest BCUT2D eigenvalue weighted by Gasteiger charge is 2.30. The van der Waals surface area contributed by atoms with Crippen LogP contribution < -0.4 is 10.2 Å². The van der Waals surface area contributed by atoms with Crippen molar-refractivity contribution in [2.24, 2.45) is 5.10 Å². The Bertz CT molecular complexity index is 1130. The van der Waals surface area contributed by atoms with Crippen LogP contribution in [0.4, 0.5) is 13.2 Å². The number of nitrogens with zero attached hydrogens (tertiary/aromatic N) is 1. The number of hydrogen-bond acceptors (Lipinski definition) is 3. The highest BCUT2D eigenvalue weighted by atomic mass is 127. The molecule has 0 aromatic heterocycles. The lowest BCUT2D eigenvalue weighted by Gasteiger charge is -2.11. The Morgan fingerprint density at radius 3 is 2.28 bits per heavy atom. The van der Waals surface area contributed by atoms with E-state index in [4.69, 9.17) is 4.74 Å². The van der Waals surface area contributed by atoms with Crippen LogP contribution in [0, 0.1) is 10.7 Å². The zero-order chi connectivity index (χ0) is 23.3. The number of hydrogen-bond donors (Lipinski definition) is 1. The van der Waals surface area contributed by atoms with Crippen LogP contribution in [-0.2, 0) is 12.8 Å². The summed E-state index contributed by atoms with van der Waals surface area (Å²) in [7, 11) is 0. The third-order valence-corrected chi connectivity index (χ3v) is 6.47. The summed E-state index contributed by atoms with van der Waals surface area (Å²) < 4.78 is 47.3. The molecule has 0 fully saturated rings. The smallest absolute Gasteiger partial charge is 0.416 e. The van der Waals surface area contributed by atoms with Gasteiger partial charge in [0.25, 0.3) is 5.91 Å². The van der Waals surface area contributed by atoms with Gasteiger partial charge in [0.1, 0.15) is 12.4 Å². The van der Waals surface area contributed by atoms with E-state index in [-0.39, 0.29) is 5.56 Å². The molecule has 1 amide bonds. The first kappa shape index (κ1) is 25.2. The number of benzene rings is 3. The van der Waals surface area contributed by atoms with Gasteiger partial charge in [-0.05, 0) is 121 Å². The van der Waals surface area contributed by atoms with Crippen LogP contribution in [0.3, 0.4) is 0 Å². The lowest BCUT2D eigenvalue weighted by Crippen LogP contribution is -2.18. The van der Waals surface area contributed by atoms with E-state index in [1.807, 2.05) is 36.4 Å². The van der Waals surface area contributed by atoms with Gasteiger partial charge >= 0.3 is 6.18 Å². The van der Waals surface area contributed by atoms with Gasteiger partial charge in [0.2, 0.25) is 0 Å². The first-order valence-corrected chi connectivity index (χ1v) is 12.2. The molecule has 0 spiro atoms. The normalized spacial score (nSPS) is 11.6. The van der Waals surface area contributed by atoms with Crippen molar-refractivity contribution in [1.82, 2.24) is 5.43 Å². The van der Waals surface area contributed by atoms with E-state index in [0.717, 1.165) is 34.2 Å². The standard InChI is InChI=1S/C22H14F3I3N2O2/c23-22(24,25)16-3-1-2-15(10-16)21(31)30-29-11-14-8-18(27)20(19(28)9-14)32-12-13-4-6-17(26)7-5-13/h1-11H,12H2,(H,30,31)/b29-11-. The molecule has 0 atom stereocenters. The van der Waals surface area contributed by atoms with Crippen molar-refractivity contribution in [3.05, 3.63) is 93.6 Å². The Morgan fingerprint density at radius 1 is 1.00 bits per heavy atom. The topological polar surface area (TPSA) is 50.7 Å². The Morgan fingerprint density at radius 2 is 1.66 bits per heavy atom. The van der Waals surface area contributed by atoms with Gasteiger partial charge in [0.05, 0.1) is 18.9 Å². The Balaban J connectivity index is 1.65. The number of ether oxygens (including phenoxy) is 1. The Hall–Kier alpha value is -1.42. The summed E-state index contributed by atoms with van der Waals surface area (Å²) >= 11 is 6.56. The molecule has 0 heterocycles. The zero-order valence-corrected chi connectivity index (χ0v) is 22.6. The van der Waals surface area contributed by atoms with Gasteiger partial charge in [0, 0.05) is 9.13 Å². The maximum Gasteiger partial charge on any atom is 0.416 e. The zero-order valence-electron chi connectivity index (χ0n) is 16.1. The van der Waals surface area contributed by atoms with E-state index in [1.54, 1.807) is 0 Å². The lowest BCUT2D eigenvalue weighted by atomic mass is 10.1. The van der Waals surface area contributed by atoms with E-state index in [2.05, 4.69) is 78.3 Å². The number of carbonyl (C=O) groups excluding carboxylic acids is 1. The van der Waals surface area contributed by atoms with Crippen molar-refractivity contribution in [1.29, 1.82) is 0 Å². The average molecular weight is 776 g/mol. The van der Waals surface area contributed by atoms with E-state index in [1.165, 1.54) is 18.3 Å². The molecule has 4 nitrogen and oxygen atoms in total. The molecule has 3 rings (SSSR count). The predicted octanol–water partition coefficient (Wildman–Crippen LogP) is 6.86. The molecular formula is C22H14F3I3N2O2. The summed E-state index contributed by atoms with van der Waals surface area (Å²) in [5.74, 6) is 0.0177. The number of rotatable bonds is 6. The van der Waals surface area contributed by atoms with E-state index in [0.29, 0.717) is 12.2 Å². The monoisotopic (exact) mass is 776 g/mol. The Labute approximate surface area is 223 Å². The minimum Gasteiger partial charge on any atom is -0.487 e. The van der Waals surface area contributed by atoms with Crippen molar-refractivity contribution in [3.8, 4) is 5.75 Å². The van der Waals surface area contributed by atoms with Gasteiger partial charge in [-0.1, -0.05) is 18.2 Å². The lowest BCUT2D eigenvalue weighted by molar-refractivity contribution is -0.137. The molecule has 10 heteroatoms. The third kappa shape index (κ3) is 7.04. The number of alkyl halides is 3. The van der Waals surface area contributed by atoms with E-state index in [9.17, 15) is 18.0 Å². The summed E-state index contributed by atoms with van der Waals surface area (Å²) in [6.45, 7) is 0.434. The van der Waals surface area contributed by atoms with Crippen LogP contribution in [0.2, 0.25) is 0 Å². The highest BCUT2D eigenvalue weighted by molar-refractivity contribution is 14.1. The van der Waals surface area contributed by atoms with Crippen LogP contribution in [-0.4, -0.2) is 12.1 Å². The summed E-state index contributed by atoms with van der Waals surface area (Å²) in [5, 5.41) is 3.87. The van der Waals surface area contributed by atoms with Crippen molar-refractivity contribution >= 4 is 79.9 Å². The minimum absolute atomic E-state index is 0.125. The molecule has 3 aromatic carbocycles. The molecule has 0 radical (unpaired) electrons. The first-order chi connectivity index (χ1) is 15.1. The van der Waals surface area contributed by atoms with Crippen LogP contribution in [0.1, 0.15) is 27.0 Å². The fourth-order valence-electron chi connectivity index (χ4n) is 2.59. The van der Waals surface area contributed by atoms with Gasteiger partial charge in [-0.15, -0.1) is 0 Å². The molecule has 0 aliphatic heterocycles. The van der Waals surface area contributed by atoms with Crippen molar-refractivity contribution in [3.63, 3.8) is 0 Å². The van der Waals surface area contributed by atoms with Crippen LogP contribution >= 0.6 is 67.8 Å². The van der Waals surface area contributed by atoms with Crippen LogP contribution in [0.15, 0.2) is 65.8 Å². The molecule has 0 aliphatic rings. The van der Waals surface area contributed by atoms with Crippen LogP contribution in [0.5, 0.6) is 5.75 Å². The fraction of sp³-hybridized carbons (Fsp3) is 0.0909. The van der Waals surface area contributed by atoms with Gasteiger partial charge < -0.3 is 4.74 Å². The fourth-order valence-corrected chi connectivity index (χ4v) is 5.08. The minimum atomic E-state index is -4.52. The van der Waals surface area contributed by atoms with Crippen LogP contribution in [0.25, 0.3) is 0 Å². The second kappa shape index (κ2) is 11.1. The van der Waals surface area contributed by atoms with Crippen molar-refractivity contribution < 1.29 is 22.7 Å². The number of nitrogens with one attached hydrogen (secondary N) is 1. The second-order valence-corrected chi connectivity index (χ2v) is 10.1. The van der Waals surface area contributed by atoms with Gasteiger partial charge in [-0.25, -0.2) is 5.43 Å². The van der Waals surface area contributed by atoms with E-state index < -0.39 is 17.6 Å². The molecule has 0 unspecified atom stereocenters. The summed E-state index contributed by atoms with van der Waals surface area (Å²) in [4.78, 5) is 12.1. The first-order valence-electron chi connectivity index (χ1n) is 9.00. The van der Waals surface area contributed by atoms with Crippen molar-refractivity contribution in [2.75, 3.05) is 0 Å². The van der Waals surface area contributed by atoms with Crippen molar-refractivity contribution in [2.45, 2.75) is 12.8 Å². The number of halogens is 6. The van der Waals surface area contributed by atoms with E-state index >= 15 is 0 Å². The number of hydrazone groups is 1. The third-order valence-electron chi connectivity index (χ3n) is 4.15. The SMILES string of the molecule is O=C(N/N=C\c1cc(I)c(OCc2ccc(I)cc2)c(I)c1)c1cccc(C(F)(F)F)c1. The highest BCUT2D eigenvalue weighted by Crippen LogP contribution is 2.30. The molecule has 0 saturated heterocycles. The molecular weight excluding hydrogens is 762 g/mol. The molecule has 32 heavy (non-hydrogen) atoms. The van der Waals surface area contributed by atoms with Gasteiger partial charge in [-0.3, -0.25) is 4.79 Å². The number of carbonyl (C=O) groups is 1. The van der Waals surface area contributed by atoms with Gasteiger partial charge in [0.15, 0.2) is 0 Å². The second-order valence-electron chi connectivity index (χ2n) is 6.51. The number of amides is 1. The molecule has 1 N–H and O–H groups in total.